The first-order chi connectivity index (χ1) is 15.0. The van der Waals surface area contributed by atoms with E-state index in [-0.39, 0.29) is 18.7 Å². The number of rotatable bonds is 7. The van der Waals surface area contributed by atoms with Crippen LogP contribution in [-0.2, 0) is 19.0 Å². The zero-order chi connectivity index (χ0) is 23.4. The summed E-state index contributed by atoms with van der Waals surface area (Å²) < 4.78 is 38.0. The van der Waals surface area contributed by atoms with E-state index in [0.717, 1.165) is 42.1 Å². The minimum absolute atomic E-state index is 0.0703. The summed E-state index contributed by atoms with van der Waals surface area (Å²) in [6, 6.07) is 5.37. The van der Waals surface area contributed by atoms with Crippen molar-refractivity contribution in [3.63, 3.8) is 0 Å². The van der Waals surface area contributed by atoms with Gasteiger partial charge in [-0.05, 0) is 52.2 Å². The maximum atomic E-state index is 12.8. The van der Waals surface area contributed by atoms with Gasteiger partial charge in [0.15, 0.2) is 0 Å². The molecule has 1 aromatic carbocycles. The van der Waals surface area contributed by atoms with Crippen LogP contribution in [0.2, 0.25) is 0 Å². The van der Waals surface area contributed by atoms with Gasteiger partial charge in [-0.25, -0.2) is 14.8 Å². The highest BCUT2D eigenvalue weighted by atomic mass is 32.2. The van der Waals surface area contributed by atoms with Gasteiger partial charge in [-0.15, -0.1) is 0 Å². The Morgan fingerprint density at radius 2 is 1.97 bits per heavy atom. The monoisotopic (exact) mass is 465 g/mol. The number of fused-ring (bicyclic) bond motifs is 1. The zero-order valence-corrected chi connectivity index (χ0v) is 19.9. The number of nitrogens with zero attached hydrogens (tertiary/aromatic N) is 3. The molecule has 0 radical (unpaired) electrons. The molecule has 1 aliphatic heterocycles. The molecule has 0 N–H and O–H groups in total. The molecule has 10 heteroatoms. The summed E-state index contributed by atoms with van der Waals surface area (Å²) in [5, 5.41) is 0.862. The van der Waals surface area contributed by atoms with E-state index in [1.165, 1.54) is 6.33 Å². The number of likely N-dealkylation sites (tertiary alicyclic amines) is 1. The first-order valence-electron chi connectivity index (χ1n) is 10.7. The highest BCUT2D eigenvalue weighted by Gasteiger charge is 2.33. The Hall–Kier alpha value is -2.46. The van der Waals surface area contributed by atoms with Crippen LogP contribution in [0.1, 0.15) is 58.2 Å². The van der Waals surface area contributed by atoms with Crippen LogP contribution in [0.5, 0.6) is 5.75 Å². The fraction of sp³-hybridized carbons (Fsp3) is 0.591. The van der Waals surface area contributed by atoms with Crippen LogP contribution < -0.4 is 4.74 Å². The SMILES string of the molecule is CC(C)(C)OC(=O)N1CCCCC1c1ncnc2cc(OCCCOS(C)(=O)=O)ccc12. The Morgan fingerprint density at radius 1 is 1.19 bits per heavy atom. The first kappa shape index (κ1) is 24.2. The van der Waals surface area contributed by atoms with Crippen molar-refractivity contribution in [2.24, 2.45) is 0 Å². The molecule has 0 aliphatic carbocycles. The molecule has 3 rings (SSSR count). The summed E-state index contributed by atoms with van der Waals surface area (Å²) in [6.45, 7) is 6.59. The highest BCUT2D eigenvalue weighted by molar-refractivity contribution is 7.85. The molecule has 2 aromatic rings. The quantitative estimate of drug-likeness (QED) is 0.448. The minimum Gasteiger partial charge on any atom is -0.493 e. The molecule has 1 unspecified atom stereocenters. The van der Waals surface area contributed by atoms with E-state index in [2.05, 4.69) is 9.97 Å². The number of benzene rings is 1. The van der Waals surface area contributed by atoms with Crippen molar-refractivity contribution in [3.8, 4) is 5.75 Å². The lowest BCUT2D eigenvalue weighted by atomic mass is 9.97. The molecule has 32 heavy (non-hydrogen) atoms. The molecule has 2 heterocycles. The number of piperidine rings is 1. The molecule has 1 saturated heterocycles. The van der Waals surface area contributed by atoms with Crippen molar-refractivity contribution >= 4 is 27.1 Å². The van der Waals surface area contributed by atoms with Crippen LogP contribution in [0.15, 0.2) is 24.5 Å². The molecule has 1 atom stereocenters. The molecule has 176 valence electrons. The fourth-order valence-electron chi connectivity index (χ4n) is 3.63. The Labute approximate surface area is 189 Å². The Bertz CT molecular complexity index is 1050. The summed E-state index contributed by atoms with van der Waals surface area (Å²) >= 11 is 0. The topological polar surface area (TPSA) is 108 Å². The third kappa shape index (κ3) is 6.77. The summed E-state index contributed by atoms with van der Waals surface area (Å²) in [7, 11) is -3.44. The van der Waals surface area contributed by atoms with E-state index < -0.39 is 15.7 Å². The van der Waals surface area contributed by atoms with Gasteiger partial charge in [0.1, 0.15) is 17.7 Å². The number of hydrogen-bond donors (Lipinski definition) is 0. The predicted molar refractivity (Wildman–Crippen MR) is 120 cm³/mol. The van der Waals surface area contributed by atoms with Crippen molar-refractivity contribution in [1.82, 2.24) is 14.9 Å². The number of aromatic nitrogens is 2. The Kier molecular flexibility index (Phi) is 7.55. The molecule has 1 amide bonds. The molecule has 0 saturated carbocycles. The van der Waals surface area contributed by atoms with E-state index in [0.29, 0.717) is 25.3 Å². The van der Waals surface area contributed by atoms with Gasteiger partial charge in [-0.3, -0.25) is 9.08 Å². The zero-order valence-electron chi connectivity index (χ0n) is 19.0. The second-order valence-corrected chi connectivity index (χ2v) is 10.5. The van der Waals surface area contributed by atoms with Gasteiger partial charge < -0.3 is 9.47 Å². The van der Waals surface area contributed by atoms with Gasteiger partial charge in [0.2, 0.25) is 0 Å². The summed E-state index contributed by atoms with van der Waals surface area (Å²) in [5.74, 6) is 0.620. The van der Waals surface area contributed by atoms with Gasteiger partial charge >= 0.3 is 6.09 Å². The van der Waals surface area contributed by atoms with Crippen LogP contribution in [-0.4, -0.2) is 61.0 Å². The predicted octanol–water partition coefficient (Wildman–Crippen LogP) is 3.84. The second kappa shape index (κ2) is 9.99. The largest absolute Gasteiger partial charge is 0.493 e. The normalized spacial score (nSPS) is 17.4. The van der Waals surface area contributed by atoms with Gasteiger partial charge in [0.05, 0.1) is 36.7 Å². The average molecular weight is 466 g/mol. The van der Waals surface area contributed by atoms with Crippen molar-refractivity contribution in [1.29, 1.82) is 0 Å². The third-order valence-electron chi connectivity index (χ3n) is 4.94. The first-order valence-corrected chi connectivity index (χ1v) is 12.6. The maximum Gasteiger partial charge on any atom is 0.410 e. The lowest BCUT2D eigenvalue weighted by molar-refractivity contribution is 0.00918. The number of carbonyl (C=O) groups is 1. The Morgan fingerprint density at radius 3 is 2.69 bits per heavy atom. The lowest BCUT2D eigenvalue weighted by Gasteiger charge is -2.36. The smallest absolute Gasteiger partial charge is 0.410 e. The average Bonchev–Trinajstić information content (AvgIpc) is 2.71. The third-order valence-corrected chi connectivity index (χ3v) is 5.53. The van der Waals surface area contributed by atoms with Gasteiger partial charge in [-0.1, -0.05) is 0 Å². The van der Waals surface area contributed by atoms with Crippen LogP contribution in [0, 0.1) is 0 Å². The fourth-order valence-corrected chi connectivity index (χ4v) is 4.05. The van der Waals surface area contributed by atoms with Crippen molar-refractivity contribution in [2.75, 3.05) is 26.0 Å². The molecule has 0 spiro atoms. The highest BCUT2D eigenvalue weighted by Crippen LogP contribution is 2.35. The van der Waals surface area contributed by atoms with Crippen molar-refractivity contribution in [2.45, 2.75) is 58.1 Å². The van der Waals surface area contributed by atoms with Crippen LogP contribution >= 0.6 is 0 Å². The summed E-state index contributed by atoms with van der Waals surface area (Å²) in [5.41, 5.74) is 0.953. The standard InChI is InChI=1S/C22H31N3O6S/c1-22(2,3)31-21(26)25-11-6-5-8-19(25)20-17-10-9-16(14-18(17)23-15-24-20)29-12-7-13-30-32(4,27)28/h9-10,14-15,19H,5-8,11-13H2,1-4H3. The number of hydrogen-bond acceptors (Lipinski definition) is 8. The molecule has 0 bridgehead atoms. The number of carbonyl (C=O) groups excluding carboxylic acids is 1. The van der Waals surface area contributed by atoms with Gasteiger partial charge in [0, 0.05) is 24.4 Å². The molecular formula is C22H31N3O6S. The molecular weight excluding hydrogens is 434 g/mol. The minimum atomic E-state index is -3.44. The lowest BCUT2D eigenvalue weighted by Crippen LogP contribution is -2.42. The number of ether oxygens (including phenoxy) is 2. The molecule has 1 fully saturated rings. The van der Waals surface area contributed by atoms with Crippen molar-refractivity contribution in [3.05, 3.63) is 30.2 Å². The summed E-state index contributed by atoms with van der Waals surface area (Å²) in [6.07, 6.45) is 5.38. The Balaban J connectivity index is 1.75. The molecule has 1 aromatic heterocycles. The van der Waals surface area contributed by atoms with E-state index in [9.17, 15) is 13.2 Å². The van der Waals surface area contributed by atoms with Crippen molar-refractivity contribution < 1.29 is 26.9 Å². The summed E-state index contributed by atoms with van der Waals surface area (Å²) in [4.78, 5) is 23.5. The van der Waals surface area contributed by atoms with E-state index in [1.54, 1.807) is 4.90 Å². The van der Waals surface area contributed by atoms with Gasteiger partial charge in [0.25, 0.3) is 10.1 Å². The van der Waals surface area contributed by atoms with Crippen LogP contribution in [0.3, 0.4) is 0 Å². The maximum absolute atomic E-state index is 12.8. The van der Waals surface area contributed by atoms with E-state index in [4.69, 9.17) is 13.7 Å². The van der Waals surface area contributed by atoms with E-state index >= 15 is 0 Å². The van der Waals surface area contributed by atoms with Crippen LogP contribution in [0.4, 0.5) is 4.79 Å². The second-order valence-electron chi connectivity index (χ2n) is 8.85. The molecule has 1 aliphatic rings. The van der Waals surface area contributed by atoms with Gasteiger partial charge in [-0.2, -0.15) is 8.42 Å². The number of amides is 1. The molecule has 9 nitrogen and oxygen atoms in total. The van der Waals surface area contributed by atoms with Crippen LogP contribution in [0.25, 0.3) is 10.9 Å². The van der Waals surface area contributed by atoms with E-state index in [1.807, 2.05) is 39.0 Å².